The summed E-state index contributed by atoms with van der Waals surface area (Å²) in [6.45, 7) is 1.83. The van der Waals surface area contributed by atoms with Gasteiger partial charge in [-0.3, -0.25) is 4.57 Å². The molecule has 0 unspecified atom stereocenters. The molecule has 1 heterocycles. The summed E-state index contributed by atoms with van der Waals surface area (Å²) in [6.07, 6.45) is 1.19. The van der Waals surface area contributed by atoms with Crippen molar-refractivity contribution in [1.29, 1.82) is 0 Å². The van der Waals surface area contributed by atoms with Crippen LogP contribution in [0.25, 0.3) is 10.9 Å². The predicted octanol–water partition coefficient (Wildman–Crippen LogP) is 2.27. The zero-order chi connectivity index (χ0) is 11.0. The predicted molar refractivity (Wildman–Crippen MR) is 56.1 cm³/mol. The van der Waals surface area contributed by atoms with E-state index in [1.807, 2.05) is 6.92 Å². The average molecular weight is 205 g/mol. The molecule has 4 nitrogen and oxygen atoms in total. The molecule has 0 saturated heterocycles. The number of aromatic hydroxyl groups is 1. The third-order valence-corrected chi connectivity index (χ3v) is 2.37. The number of carbonyl (C=O) groups is 1. The fourth-order valence-corrected chi connectivity index (χ4v) is 1.71. The molecule has 2 rings (SSSR count). The molecule has 0 aliphatic heterocycles. The molecule has 0 aliphatic carbocycles. The molecule has 4 heteroatoms. The van der Waals surface area contributed by atoms with Crippen LogP contribution in [0.1, 0.15) is 5.56 Å². The highest BCUT2D eigenvalue weighted by molar-refractivity contribution is 5.95. The first-order valence-corrected chi connectivity index (χ1v) is 4.53. The smallest absolute Gasteiger partial charge is 0.418 e. The van der Waals surface area contributed by atoms with E-state index in [4.69, 9.17) is 0 Å². The van der Waals surface area contributed by atoms with E-state index in [1.165, 1.54) is 11.7 Å². The number of hydrogen-bond acceptors (Lipinski definition) is 3. The van der Waals surface area contributed by atoms with Crippen molar-refractivity contribution in [2.24, 2.45) is 0 Å². The van der Waals surface area contributed by atoms with Gasteiger partial charge >= 0.3 is 6.09 Å². The second-order valence-electron chi connectivity index (χ2n) is 3.32. The molecule has 0 aliphatic rings. The van der Waals surface area contributed by atoms with Gasteiger partial charge < -0.3 is 9.84 Å². The Bertz CT molecular complexity index is 528. The lowest BCUT2D eigenvalue weighted by molar-refractivity contribution is 0.174. The quantitative estimate of drug-likeness (QED) is 0.717. The van der Waals surface area contributed by atoms with Gasteiger partial charge in [-0.15, -0.1) is 0 Å². The third-order valence-electron chi connectivity index (χ3n) is 2.37. The van der Waals surface area contributed by atoms with Gasteiger partial charge in [-0.1, -0.05) is 6.07 Å². The van der Waals surface area contributed by atoms with Gasteiger partial charge in [-0.2, -0.15) is 0 Å². The summed E-state index contributed by atoms with van der Waals surface area (Å²) in [4.78, 5) is 11.4. The minimum Gasteiger partial charge on any atom is -0.507 e. The molecule has 1 N–H and O–H groups in total. The minimum absolute atomic E-state index is 0.174. The maximum atomic E-state index is 11.4. The summed E-state index contributed by atoms with van der Waals surface area (Å²) >= 11 is 0. The van der Waals surface area contributed by atoms with Gasteiger partial charge in [0.25, 0.3) is 0 Å². The Morgan fingerprint density at radius 2 is 2.20 bits per heavy atom. The van der Waals surface area contributed by atoms with Crippen LogP contribution >= 0.6 is 0 Å². The zero-order valence-electron chi connectivity index (χ0n) is 8.52. The number of aryl methyl sites for hydroxylation is 1. The van der Waals surface area contributed by atoms with Crippen molar-refractivity contribution in [3.8, 4) is 5.75 Å². The highest BCUT2D eigenvalue weighted by atomic mass is 16.5. The van der Waals surface area contributed by atoms with Gasteiger partial charge in [-0.25, -0.2) is 4.79 Å². The number of benzene rings is 1. The van der Waals surface area contributed by atoms with Gasteiger partial charge in [0.2, 0.25) is 0 Å². The summed E-state index contributed by atoms with van der Waals surface area (Å²) in [6, 6.07) is 5.05. The van der Waals surface area contributed by atoms with Crippen molar-refractivity contribution in [3.05, 3.63) is 30.0 Å². The van der Waals surface area contributed by atoms with Crippen LogP contribution in [0.4, 0.5) is 4.79 Å². The molecule has 0 saturated carbocycles. The Morgan fingerprint density at radius 1 is 1.47 bits per heavy atom. The zero-order valence-corrected chi connectivity index (χ0v) is 8.52. The second-order valence-corrected chi connectivity index (χ2v) is 3.32. The fraction of sp³-hybridized carbons (Fsp3) is 0.182. The third kappa shape index (κ3) is 1.34. The molecule has 2 aromatic rings. The minimum atomic E-state index is -0.460. The van der Waals surface area contributed by atoms with Gasteiger partial charge in [0.05, 0.1) is 12.6 Å². The normalized spacial score (nSPS) is 10.5. The highest BCUT2D eigenvalue weighted by Crippen LogP contribution is 2.29. The van der Waals surface area contributed by atoms with E-state index in [2.05, 4.69) is 4.74 Å². The summed E-state index contributed by atoms with van der Waals surface area (Å²) in [5.41, 5.74) is 1.49. The summed E-state index contributed by atoms with van der Waals surface area (Å²) in [7, 11) is 1.33. The molecular weight excluding hydrogens is 194 g/mol. The van der Waals surface area contributed by atoms with Crippen LogP contribution in [-0.4, -0.2) is 22.9 Å². The Balaban J connectivity index is 2.79. The van der Waals surface area contributed by atoms with E-state index >= 15 is 0 Å². The first-order chi connectivity index (χ1) is 7.15. The highest BCUT2D eigenvalue weighted by Gasteiger charge is 2.13. The van der Waals surface area contributed by atoms with Gasteiger partial charge in [0, 0.05) is 11.6 Å². The lowest BCUT2D eigenvalue weighted by atomic mass is 10.2. The van der Waals surface area contributed by atoms with Crippen molar-refractivity contribution >= 4 is 17.0 Å². The molecule has 78 valence electrons. The number of rotatable bonds is 0. The Labute approximate surface area is 86.7 Å². The van der Waals surface area contributed by atoms with Crippen molar-refractivity contribution in [2.75, 3.05) is 7.11 Å². The summed E-state index contributed by atoms with van der Waals surface area (Å²) in [5.74, 6) is 0.174. The molecule has 0 bridgehead atoms. The summed E-state index contributed by atoms with van der Waals surface area (Å²) < 4.78 is 6.02. The van der Waals surface area contributed by atoms with Gasteiger partial charge in [0.15, 0.2) is 0 Å². The Morgan fingerprint density at radius 3 is 2.87 bits per heavy atom. The number of methoxy groups -OCH3 is 1. The maximum Gasteiger partial charge on any atom is 0.418 e. The van der Waals surface area contributed by atoms with Crippen molar-refractivity contribution in [2.45, 2.75) is 6.92 Å². The van der Waals surface area contributed by atoms with Crippen LogP contribution in [-0.2, 0) is 4.74 Å². The first kappa shape index (κ1) is 9.58. The van der Waals surface area contributed by atoms with Crippen LogP contribution in [0.15, 0.2) is 24.4 Å². The molecule has 0 atom stereocenters. The Hall–Kier alpha value is -1.97. The van der Waals surface area contributed by atoms with Crippen LogP contribution in [0, 0.1) is 6.92 Å². The monoisotopic (exact) mass is 205 g/mol. The standard InChI is InChI=1S/C11H11NO3/c1-7-6-12(11(14)15-2)8-4-3-5-9(13)10(7)8/h3-6,13H,1-2H3. The molecule has 0 spiro atoms. The van der Waals surface area contributed by atoms with Crippen molar-refractivity contribution < 1.29 is 14.6 Å². The second kappa shape index (κ2) is 3.31. The number of carbonyl (C=O) groups excluding carboxylic acids is 1. The van der Waals surface area contributed by atoms with E-state index in [0.29, 0.717) is 10.9 Å². The molecular formula is C11H11NO3. The van der Waals surface area contributed by atoms with E-state index in [-0.39, 0.29) is 5.75 Å². The number of phenols is 1. The average Bonchev–Trinajstić information content (AvgIpc) is 2.56. The molecule has 1 aromatic carbocycles. The van der Waals surface area contributed by atoms with Crippen LogP contribution in [0.3, 0.4) is 0 Å². The van der Waals surface area contributed by atoms with Gasteiger partial charge in [0.1, 0.15) is 5.75 Å². The molecule has 0 amide bonds. The molecule has 0 radical (unpaired) electrons. The van der Waals surface area contributed by atoms with Gasteiger partial charge in [-0.05, 0) is 24.6 Å². The number of ether oxygens (including phenoxy) is 1. The van der Waals surface area contributed by atoms with E-state index < -0.39 is 6.09 Å². The number of nitrogens with zero attached hydrogens (tertiary/aromatic N) is 1. The van der Waals surface area contributed by atoms with E-state index in [9.17, 15) is 9.90 Å². The van der Waals surface area contributed by atoms with Crippen molar-refractivity contribution in [3.63, 3.8) is 0 Å². The first-order valence-electron chi connectivity index (χ1n) is 4.53. The molecule has 0 fully saturated rings. The van der Waals surface area contributed by atoms with Crippen LogP contribution in [0.2, 0.25) is 0 Å². The van der Waals surface area contributed by atoms with E-state index in [1.54, 1.807) is 24.4 Å². The number of aromatic nitrogens is 1. The van der Waals surface area contributed by atoms with Crippen LogP contribution in [0.5, 0.6) is 5.75 Å². The van der Waals surface area contributed by atoms with Crippen molar-refractivity contribution in [1.82, 2.24) is 4.57 Å². The maximum absolute atomic E-state index is 11.4. The number of fused-ring (bicyclic) bond motifs is 1. The molecule has 1 aromatic heterocycles. The number of hydrogen-bond donors (Lipinski definition) is 1. The topological polar surface area (TPSA) is 51.5 Å². The molecule has 15 heavy (non-hydrogen) atoms. The van der Waals surface area contributed by atoms with Crippen LogP contribution < -0.4 is 0 Å². The number of phenolic OH excluding ortho intramolecular Hbond substituents is 1. The lowest BCUT2D eigenvalue weighted by Crippen LogP contribution is -2.09. The largest absolute Gasteiger partial charge is 0.507 e. The lowest BCUT2D eigenvalue weighted by Gasteiger charge is -2.01. The fourth-order valence-electron chi connectivity index (χ4n) is 1.71. The summed E-state index contributed by atoms with van der Waals surface area (Å²) in [5, 5.41) is 10.3. The van der Waals surface area contributed by atoms with E-state index in [0.717, 1.165) is 5.56 Å². The SMILES string of the molecule is COC(=O)n1cc(C)c2c(O)cccc21. The Kier molecular flexibility index (Phi) is 2.11.